The number of amides is 2. The van der Waals surface area contributed by atoms with E-state index in [0.717, 1.165) is 0 Å². The Morgan fingerprint density at radius 1 is 0.953 bits per heavy atom. The molecule has 10 atom stereocenters. The summed E-state index contributed by atoms with van der Waals surface area (Å²) in [5, 5.41) is 62.9. The molecule has 4 heterocycles. The number of hydrogen-bond acceptors (Lipinski definition) is 14. The minimum atomic E-state index is -1.33. The van der Waals surface area contributed by atoms with Crippen molar-refractivity contribution in [1.29, 1.82) is 0 Å². The number of ether oxygens (including phenoxy) is 4. The number of nitrogens with zero attached hydrogens (tertiary/aromatic N) is 3. The fourth-order valence-electron chi connectivity index (χ4n) is 9.44. The fraction of sp³-hybridized carbons (Fsp3) is 0.604. The number of aliphatic hydroxyl groups excluding tert-OH is 3. The van der Waals surface area contributed by atoms with Crippen LogP contribution in [-0.2, 0) is 23.8 Å². The Balaban J connectivity index is 1.52. The van der Waals surface area contributed by atoms with Crippen LogP contribution in [0.3, 0.4) is 0 Å². The van der Waals surface area contributed by atoms with Gasteiger partial charge in [-0.05, 0) is 26.7 Å². The highest BCUT2D eigenvalue weighted by atomic mass is 16.6. The number of nitrogens with one attached hydrogen (secondary N) is 1. The van der Waals surface area contributed by atoms with E-state index in [1.54, 1.807) is 76.8 Å². The van der Waals surface area contributed by atoms with Gasteiger partial charge in [0.05, 0.1) is 35.7 Å². The molecule has 4 bridgehead atoms. The Bertz CT molecular complexity index is 2370. The number of fused-ring (bicyclic) bond motifs is 1. The van der Waals surface area contributed by atoms with Crippen molar-refractivity contribution in [2.24, 2.45) is 39.6 Å². The second-order valence-corrected chi connectivity index (χ2v) is 18.9. The SMILES string of the molecule is CO[C@H]1/C=C/C[C@@]2(C)Oc3c(C)c(O)c4c(O)c(c5c(c4c3C2O)=NC2(CCN(C(=O)OCC(C)C)CC2)N=5)NC(=O)/C(C)=C\C=C\[C@H](C)[C@H](O)[C@@H](C)[C@@H](O)[C@@H](C)[C@H](OC(C)=O)[C@@H]1C. The first kappa shape index (κ1) is 48.4. The molecule has 64 heavy (non-hydrogen) atoms. The monoisotopic (exact) mass is 890 g/mol. The van der Waals surface area contributed by atoms with Gasteiger partial charge < -0.3 is 54.7 Å². The van der Waals surface area contributed by atoms with E-state index < -0.39 is 89.2 Å². The van der Waals surface area contributed by atoms with Crippen LogP contribution in [0, 0.1) is 36.5 Å². The minimum Gasteiger partial charge on any atom is -0.507 e. The molecule has 1 unspecified atom stereocenters. The lowest BCUT2D eigenvalue weighted by Gasteiger charge is -2.38. The first-order chi connectivity index (χ1) is 30.1. The van der Waals surface area contributed by atoms with E-state index >= 15 is 0 Å². The van der Waals surface area contributed by atoms with Gasteiger partial charge in [-0.2, -0.15) is 0 Å². The van der Waals surface area contributed by atoms with Crippen LogP contribution in [0.4, 0.5) is 10.5 Å². The molecule has 2 amide bonds. The molecule has 1 saturated heterocycles. The maximum atomic E-state index is 14.0. The van der Waals surface area contributed by atoms with Gasteiger partial charge in [-0.25, -0.2) is 4.79 Å². The number of phenolic OH excluding ortho intramolecular Hbond substituents is 2. The molecule has 16 heteroatoms. The number of rotatable bonds is 4. The van der Waals surface area contributed by atoms with Gasteiger partial charge in [0.25, 0.3) is 5.91 Å². The van der Waals surface area contributed by atoms with Crippen molar-refractivity contribution >= 4 is 34.4 Å². The van der Waals surface area contributed by atoms with Crippen LogP contribution in [0.25, 0.3) is 10.8 Å². The Morgan fingerprint density at radius 3 is 2.23 bits per heavy atom. The van der Waals surface area contributed by atoms with Crippen molar-refractivity contribution in [3.8, 4) is 17.2 Å². The summed E-state index contributed by atoms with van der Waals surface area (Å²) in [4.78, 5) is 51.2. The molecule has 0 radical (unpaired) electrons. The normalized spacial score (nSPS) is 32.5. The number of carbonyl (C=O) groups is 3. The van der Waals surface area contributed by atoms with E-state index in [0.29, 0.717) is 0 Å². The minimum absolute atomic E-state index is 0.0487. The molecule has 0 aliphatic carbocycles. The van der Waals surface area contributed by atoms with Crippen LogP contribution in [-0.4, -0.2) is 111 Å². The molecular weight excluding hydrogens is 825 g/mol. The van der Waals surface area contributed by atoms with Gasteiger partial charge in [0.1, 0.15) is 40.4 Å². The van der Waals surface area contributed by atoms with Crippen molar-refractivity contribution in [3.63, 3.8) is 0 Å². The summed E-state index contributed by atoms with van der Waals surface area (Å²) in [5.74, 6) is -3.85. The third-order valence-electron chi connectivity index (χ3n) is 13.5. The molecule has 0 aromatic heterocycles. The van der Waals surface area contributed by atoms with E-state index in [1.807, 2.05) is 20.8 Å². The largest absolute Gasteiger partial charge is 0.507 e. The predicted molar refractivity (Wildman–Crippen MR) is 238 cm³/mol. The number of benzene rings is 2. The molecule has 16 nitrogen and oxygen atoms in total. The van der Waals surface area contributed by atoms with Gasteiger partial charge >= 0.3 is 12.1 Å². The third-order valence-corrected chi connectivity index (χ3v) is 13.5. The number of piperidine rings is 1. The van der Waals surface area contributed by atoms with Crippen LogP contribution in [0.5, 0.6) is 17.2 Å². The smallest absolute Gasteiger partial charge is 0.409 e. The second-order valence-electron chi connectivity index (χ2n) is 18.9. The number of allylic oxidation sites excluding steroid dienone is 2. The molecule has 0 saturated carbocycles. The standard InChI is InChI=1S/C48H66N4O12/c1-23(2)22-62-46(60)52-20-18-48(19-21-52)50-35-32-33-40(56)29(8)43-34(32)44(58)47(10,64-43)17-13-16-31(61-11)26(5)42(63-30(9)53)28(7)39(55)27(6)38(54)24(3)14-12-15-25(4)45(59)49-37(41(33)57)36(35)51-48/h12-16,23-24,26-28,31,38-39,42,44,54-58H,17-22H2,1-11H3,(H,49,59)/b14-12+,16-13+,25-15-/t24-,26+,27+,28+,31-,38-,39+,42+,44?,47+/m0/s1. The first-order valence-electron chi connectivity index (χ1n) is 22.3. The van der Waals surface area contributed by atoms with E-state index in [1.165, 1.54) is 14.0 Å². The van der Waals surface area contributed by atoms with Crippen LogP contribution < -0.4 is 20.8 Å². The van der Waals surface area contributed by atoms with Crippen molar-refractivity contribution in [2.75, 3.05) is 32.1 Å². The van der Waals surface area contributed by atoms with E-state index in [4.69, 9.17) is 28.9 Å². The quantitative estimate of drug-likeness (QED) is 0.132. The zero-order valence-electron chi connectivity index (χ0n) is 38.8. The number of esters is 1. The van der Waals surface area contributed by atoms with Gasteiger partial charge in [0, 0.05) is 92.1 Å². The summed E-state index contributed by atoms with van der Waals surface area (Å²) in [6, 6.07) is 0. The molecular formula is C48H66N4O12. The predicted octanol–water partition coefficient (Wildman–Crippen LogP) is 5.20. The van der Waals surface area contributed by atoms with Gasteiger partial charge in [-0.1, -0.05) is 71.9 Å². The number of aromatic hydroxyl groups is 2. The topological polar surface area (TPSA) is 229 Å². The number of carbonyl (C=O) groups excluding carboxylic acids is 3. The Morgan fingerprint density at radius 2 is 1.61 bits per heavy atom. The summed E-state index contributed by atoms with van der Waals surface area (Å²) >= 11 is 0. The second kappa shape index (κ2) is 18.8. The van der Waals surface area contributed by atoms with Crippen molar-refractivity contribution < 1.29 is 58.9 Å². The molecule has 2 aromatic carbocycles. The molecule has 4 aliphatic heterocycles. The van der Waals surface area contributed by atoms with Crippen molar-refractivity contribution in [1.82, 2.24) is 4.90 Å². The highest BCUT2D eigenvalue weighted by Crippen LogP contribution is 2.54. The molecule has 1 fully saturated rings. The number of likely N-dealkylation sites (tertiary alicyclic amines) is 1. The maximum absolute atomic E-state index is 14.0. The zero-order chi connectivity index (χ0) is 47.2. The zero-order valence-corrected chi connectivity index (χ0v) is 38.8. The van der Waals surface area contributed by atoms with Crippen molar-refractivity contribution in [3.05, 3.63) is 57.8 Å². The van der Waals surface area contributed by atoms with E-state index in [2.05, 4.69) is 5.32 Å². The van der Waals surface area contributed by atoms with Crippen LogP contribution in [0.15, 0.2) is 45.9 Å². The first-order valence-corrected chi connectivity index (χ1v) is 22.3. The molecule has 2 aromatic rings. The third kappa shape index (κ3) is 9.11. The lowest BCUT2D eigenvalue weighted by Crippen LogP contribution is -2.46. The average molecular weight is 891 g/mol. The van der Waals surface area contributed by atoms with Crippen LogP contribution >= 0.6 is 0 Å². The molecule has 350 valence electrons. The molecule has 6 rings (SSSR count). The molecule has 1 spiro atoms. The van der Waals surface area contributed by atoms with Gasteiger partial charge in [-0.15, -0.1) is 0 Å². The molecule has 6 N–H and O–H groups in total. The summed E-state index contributed by atoms with van der Waals surface area (Å²) in [7, 11) is 1.52. The average Bonchev–Trinajstić information content (AvgIpc) is 3.75. The summed E-state index contributed by atoms with van der Waals surface area (Å²) in [6.07, 6.45) is 3.81. The van der Waals surface area contributed by atoms with Gasteiger partial charge in [0.2, 0.25) is 0 Å². The maximum Gasteiger partial charge on any atom is 0.409 e. The van der Waals surface area contributed by atoms with E-state index in [-0.39, 0.29) is 100 Å². The number of anilines is 1. The van der Waals surface area contributed by atoms with Crippen molar-refractivity contribution in [2.45, 2.75) is 130 Å². The highest BCUT2D eigenvalue weighted by Gasteiger charge is 2.48. The fourth-order valence-corrected chi connectivity index (χ4v) is 9.44. The lowest BCUT2D eigenvalue weighted by molar-refractivity contribution is -0.160. The Hall–Kier alpha value is -5.03. The highest BCUT2D eigenvalue weighted by molar-refractivity contribution is 6.08. The van der Waals surface area contributed by atoms with Crippen LogP contribution in [0.1, 0.15) is 98.8 Å². The number of hydrogen-bond donors (Lipinski definition) is 6. The molecule has 4 aliphatic rings. The summed E-state index contributed by atoms with van der Waals surface area (Å²) in [6.45, 7) is 18.0. The Labute approximate surface area is 374 Å². The Kier molecular flexibility index (Phi) is 14.2. The number of phenols is 2. The van der Waals surface area contributed by atoms with Gasteiger partial charge in [-0.3, -0.25) is 19.6 Å². The number of aliphatic hydroxyl groups is 3. The lowest BCUT2D eigenvalue weighted by atomic mass is 9.78. The van der Waals surface area contributed by atoms with Crippen LogP contribution in [0.2, 0.25) is 0 Å². The summed E-state index contributed by atoms with van der Waals surface area (Å²) < 4.78 is 23.8. The number of methoxy groups -OCH3 is 1. The summed E-state index contributed by atoms with van der Waals surface area (Å²) in [5.41, 5.74) is -1.76. The van der Waals surface area contributed by atoms with E-state index in [9.17, 15) is 39.9 Å². The van der Waals surface area contributed by atoms with Gasteiger partial charge in [0.15, 0.2) is 11.4 Å².